The fraction of sp³-hybridized carbons (Fsp3) is 0.556. The van der Waals surface area contributed by atoms with E-state index in [9.17, 15) is 9.59 Å². The lowest BCUT2D eigenvalue weighted by Crippen LogP contribution is -2.43. The molecule has 0 aliphatic carbocycles. The molecule has 2 amide bonds. The maximum atomic E-state index is 12.6. The van der Waals surface area contributed by atoms with Crippen LogP contribution in [0.25, 0.3) is 0 Å². The van der Waals surface area contributed by atoms with Crippen molar-refractivity contribution in [3.63, 3.8) is 0 Å². The third-order valence-corrected chi connectivity index (χ3v) is 4.31. The molecule has 1 aliphatic heterocycles. The molecule has 0 spiro atoms. The van der Waals surface area contributed by atoms with Gasteiger partial charge in [-0.3, -0.25) is 9.59 Å². The highest BCUT2D eigenvalue weighted by Crippen LogP contribution is 2.18. The van der Waals surface area contributed by atoms with E-state index in [-0.39, 0.29) is 11.8 Å². The standard InChI is InChI=1S/C18H27N3O2/c1-2-4-17(22)20-12-15-5-3-10-21(13-15)18(23)16-8-6-14(11-19)7-9-16/h6-9,15H,2-5,10-13,19H2,1H3,(H,20,22). The summed E-state index contributed by atoms with van der Waals surface area (Å²) in [6.07, 6.45) is 3.48. The second-order valence-corrected chi connectivity index (χ2v) is 6.21. The van der Waals surface area contributed by atoms with E-state index in [2.05, 4.69) is 5.32 Å². The van der Waals surface area contributed by atoms with Crippen LogP contribution in [0.5, 0.6) is 0 Å². The van der Waals surface area contributed by atoms with Gasteiger partial charge in [-0.1, -0.05) is 19.1 Å². The van der Waals surface area contributed by atoms with Gasteiger partial charge < -0.3 is 16.0 Å². The van der Waals surface area contributed by atoms with Gasteiger partial charge in [0.05, 0.1) is 0 Å². The molecule has 1 fully saturated rings. The SMILES string of the molecule is CCCC(=O)NCC1CCCN(C(=O)c2ccc(CN)cc2)C1. The third kappa shape index (κ3) is 5.06. The van der Waals surface area contributed by atoms with Crippen molar-refractivity contribution in [2.24, 2.45) is 11.7 Å². The lowest BCUT2D eigenvalue weighted by atomic mass is 9.97. The molecule has 0 radical (unpaired) electrons. The Morgan fingerprint density at radius 3 is 2.70 bits per heavy atom. The molecule has 1 aliphatic rings. The molecule has 0 saturated carbocycles. The van der Waals surface area contributed by atoms with Crippen molar-refractivity contribution in [1.82, 2.24) is 10.2 Å². The van der Waals surface area contributed by atoms with E-state index in [0.29, 0.717) is 37.5 Å². The molecule has 5 nitrogen and oxygen atoms in total. The largest absolute Gasteiger partial charge is 0.356 e. The van der Waals surface area contributed by atoms with Gasteiger partial charge in [0.1, 0.15) is 0 Å². The van der Waals surface area contributed by atoms with Gasteiger partial charge in [-0.25, -0.2) is 0 Å². The van der Waals surface area contributed by atoms with Crippen LogP contribution in [0.3, 0.4) is 0 Å². The van der Waals surface area contributed by atoms with Gasteiger partial charge in [-0.2, -0.15) is 0 Å². The van der Waals surface area contributed by atoms with E-state index in [1.165, 1.54) is 0 Å². The minimum absolute atomic E-state index is 0.0677. The number of nitrogens with zero attached hydrogens (tertiary/aromatic N) is 1. The smallest absolute Gasteiger partial charge is 0.253 e. The van der Waals surface area contributed by atoms with E-state index >= 15 is 0 Å². The molecule has 1 aromatic carbocycles. The number of nitrogens with one attached hydrogen (secondary N) is 1. The van der Waals surface area contributed by atoms with E-state index in [0.717, 1.165) is 31.4 Å². The van der Waals surface area contributed by atoms with Crippen molar-refractivity contribution in [3.8, 4) is 0 Å². The van der Waals surface area contributed by atoms with Gasteiger partial charge >= 0.3 is 0 Å². The van der Waals surface area contributed by atoms with Gasteiger partial charge in [-0.05, 0) is 42.9 Å². The minimum Gasteiger partial charge on any atom is -0.356 e. The van der Waals surface area contributed by atoms with Crippen LogP contribution in [0.15, 0.2) is 24.3 Å². The molecule has 0 aromatic heterocycles. The first-order valence-corrected chi connectivity index (χ1v) is 8.49. The van der Waals surface area contributed by atoms with Gasteiger partial charge in [0, 0.05) is 38.2 Å². The Labute approximate surface area is 138 Å². The summed E-state index contributed by atoms with van der Waals surface area (Å²) >= 11 is 0. The first-order chi connectivity index (χ1) is 11.1. The molecule has 1 atom stereocenters. The molecule has 3 N–H and O–H groups in total. The molecular weight excluding hydrogens is 290 g/mol. The Balaban J connectivity index is 1.89. The van der Waals surface area contributed by atoms with E-state index < -0.39 is 0 Å². The van der Waals surface area contributed by atoms with Gasteiger partial charge in [0.2, 0.25) is 5.91 Å². The molecule has 126 valence electrons. The number of benzene rings is 1. The normalized spacial score (nSPS) is 17.8. The predicted octanol–water partition coefficient (Wildman–Crippen LogP) is 1.91. The fourth-order valence-corrected chi connectivity index (χ4v) is 2.96. The molecule has 23 heavy (non-hydrogen) atoms. The number of likely N-dealkylation sites (tertiary alicyclic amines) is 1. The first-order valence-electron chi connectivity index (χ1n) is 8.49. The zero-order valence-electron chi connectivity index (χ0n) is 13.9. The predicted molar refractivity (Wildman–Crippen MR) is 90.9 cm³/mol. The lowest BCUT2D eigenvalue weighted by Gasteiger charge is -2.33. The van der Waals surface area contributed by atoms with E-state index in [1.54, 1.807) is 0 Å². The highest BCUT2D eigenvalue weighted by molar-refractivity contribution is 5.94. The maximum absolute atomic E-state index is 12.6. The average Bonchev–Trinajstić information content (AvgIpc) is 2.60. The molecule has 0 bridgehead atoms. The zero-order chi connectivity index (χ0) is 16.7. The minimum atomic E-state index is 0.0677. The van der Waals surface area contributed by atoms with Crippen LogP contribution in [0.4, 0.5) is 0 Å². The Hall–Kier alpha value is -1.88. The van der Waals surface area contributed by atoms with Gasteiger partial charge in [-0.15, -0.1) is 0 Å². The summed E-state index contributed by atoms with van der Waals surface area (Å²) in [5.74, 6) is 0.517. The molecule has 5 heteroatoms. The van der Waals surface area contributed by atoms with Crippen molar-refractivity contribution in [3.05, 3.63) is 35.4 Å². The van der Waals surface area contributed by atoms with Gasteiger partial charge in [0.15, 0.2) is 0 Å². The van der Waals surface area contributed by atoms with Gasteiger partial charge in [0.25, 0.3) is 5.91 Å². The molecule has 2 rings (SSSR count). The Morgan fingerprint density at radius 1 is 1.30 bits per heavy atom. The Morgan fingerprint density at radius 2 is 2.04 bits per heavy atom. The van der Waals surface area contributed by atoms with E-state index in [4.69, 9.17) is 5.73 Å². The summed E-state index contributed by atoms with van der Waals surface area (Å²) in [4.78, 5) is 26.1. The van der Waals surface area contributed by atoms with Crippen molar-refractivity contribution < 1.29 is 9.59 Å². The Bertz CT molecular complexity index is 528. The van der Waals surface area contributed by atoms with Crippen LogP contribution >= 0.6 is 0 Å². The molecular formula is C18H27N3O2. The Kier molecular flexibility index (Phi) is 6.59. The number of hydrogen-bond donors (Lipinski definition) is 2. The van der Waals surface area contributed by atoms with Crippen LogP contribution < -0.4 is 11.1 Å². The fourth-order valence-electron chi connectivity index (χ4n) is 2.96. The maximum Gasteiger partial charge on any atom is 0.253 e. The molecule has 1 heterocycles. The lowest BCUT2D eigenvalue weighted by molar-refractivity contribution is -0.121. The average molecular weight is 317 g/mol. The quantitative estimate of drug-likeness (QED) is 0.841. The number of carbonyl (C=O) groups is 2. The van der Waals surface area contributed by atoms with Crippen LogP contribution in [-0.2, 0) is 11.3 Å². The summed E-state index contributed by atoms with van der Waals surface area (Å²) in [5, 5.41) is 2.98. The van der Waals surface area contributed by atoms with Crippen LogP contribution in [0, 0.1) is 5.92 Å². The van der Waals surface area contributed by atoms with Crippen molar-refractivity contribution in [1.29, 1.82) is 0 Å². The second kappa shape index (κ2) is 8.67. The van der Waals surface area contributed by atoms with Crippen molar-refractivity contribution in [2.75, 3.05) is 19.6 Å². The summed E-state index contributed by atoms with van der Waals surface area (Å²) in [7, 11) is 0. The number of amides is 2. The second-order valence-electron chi connectivity index (χ2n) is 6.21. The third-order valence-electron chi connectivity index (χ3n) is 4.31. The van der Waals surface area contributed by atoms with Crippen molar-refractivity contribution >= 4 is 11.8 Å². The summed E-state index contributed by atoms with van der Waals surface area (Å²) in [6.45, 7) is 4.64. The monoisotopic (exact) mass is 317 g/mol. The molecule has 1 aromatic rings. The summed E-state index contributed by atoms with van der Waals surface area (Å²) in [5.41, 5.74) is 7.32. The summed E-state index contributed by atoms with van der Waals surface area (Å²) < 4.78 is 0. The van der Waals surface area contributed by atoms with Crippen LogP contribution in [-0.4, -0.2) is 36.3 Å². The number of carbonyl (C=O) groups excluding carboxylic acids is 2. The van der Waals surface area contributed by atoms with Crippen molar-refractivity contribution in [2.45, 2.75) is 39.2 Å². The van der Waals surface area contributed by atoms with E-state index in [1.807, 2.05) is 36.1 Å². The highest BCUT2D eigenvalue weighted by Gasteiger charge is 2.24. The number of hydrogen-bond acceptors (Lipinski definition) is 3. The number of piperidine rings is 1. The number of rotatable bonds is 6. The molecule has 1 unspecified atom stereocenters. The number of nitrogens with two attached hydrogens (primary N) is 1. The van der Waals surface area contributed by atoms with Crippen LogP contribution in [0.2, 0.25) is 0 Å². The van der Waals surface area contributed by atoms with Crippen LogP contribution in [0.1, 0.15) is 48.5 Å². The topological polar surface area (TPSA) is 75.4 Å². The first kappa shape index (κ1) is 17.5. The summed E-state index contributed by atoms with van der Waals surface area (Å²) in [6, 6.07) is 7.49. The molecule has 1 saturated heterocycles. The zero-order valence-corrected chi connectivity index (χ0v) is 13.9. The highest BCUT2D eigenvalue weighted by atomic mass is 16.2.